The molecule has 2 aliphatic rings. The van der Waals surface area contributed by atoms with E-state index >= 15 is 0 Å². The zero-order valence-corrected chi connectivity index (χ0v) is 20.5. The molecule has 1 amide bonds. The summed E-state index contributed by atoms with van der Waals surface area (Å²) in [7, 11) is 0. The van der Waals surface area contributed by atoms with Crippen molar-refractivity contribution in [2.75, 3.05) is 50.0 Å². The number of aromatic nitrogens is 5. The zero-order chi connectivity index (χ0) is 24.6. The van der Waals surface area contributed by atoms with Gasteiger partial charge in [-0.15, -0.1) is 5.10 Å². The van der Waals surface area contributed by atoms with Crippen LogP contribution in [0.15, 0.2) is 24.3 Å². The minimum Gasteiger partial charge on any atom is -0.444 e. The minimum atomic E-state index is -0.513. The number of nitrogen functional groups attached to an aromatic ring is 1. The fourth-order valence-corrected chi connectivity index (χ4v) is 4.44. The molecule has 0 saturated carbocycles. The lowest BCUT2D eigenvalue weighted by molar-refractivity contribution is 0.0185. The molecule has 0 unspecified atom stereocenters. The van der Waals surface area contributed by atoms with Crippen LogP contribution in [0.5, 0.6) is 0 Å². The van der Waals surface area contributed by atoms with E-state index < -0.39 is 5.60 Å². The highest BCUT2D eigenvalue weighted by Gasteiger charge is 2.30. The predicted octanol–water partition coefficient (Wildman–Crippen LogP) is 2.88. The molecule has 186 valence electrons. The number of hydrogen-bond donors (Lipinski definition) is 1. The molecular weight excluding hydrogens is 448 g/mol. The maximum absolute atomic E-state index is 12.5. The van der Waals surface area contributed by atoms with Crippen molar-refractivity contribution in [3.63, 3.8) is 0 Å². The third kappa shape index (κ3) is 5.00. The summed E-state index contributed by atoms with van der Waals surface area (Å²) >= 11 is 0. The highest BCUT2D eigenvalue weighted by Crippen LogP contribution is 2.31. The van der Waals surface area contributed by atoms with Crippen molar-refractivity contribution in [3.8, 4) is 11.4 Å². The molecule has 11 nitrogen and oxygen atoms in total. The van der Waals surface area contributed by atoms with E-state index in [9.17, 15) is 4.79 Å². The van der Waals surface area contributed by atoms with Gasteiger partial charge in [-0.3, -0.25) is 0 Å². The van der Waals surface area contributed by atoms with Gasteiger partial charge in [-0.2, -0.15) is 0 Å². The standard InChI is InChI=1S/C24H32N8O3/c1-24(2,3)35-23(33)31-10-8-18(9-11-31)32-22-19(28-29-32)21(30-12-14-34-15-13-30)26-20(27-22)16-4-6-17(25)7-5-16/h4-7,18H,8-15,25H2,1-3H3. The summed E-state index contributed by atoms with van der Waals surface area (Å²) in [6.07, 6.45) is 1.21. The first-order valence-corrected chi connectivity index (χ1v) is 12.1. The van der Waals surface area contributed by atoms with E-state index in [0.29, 0.717) is 49.0 Å². The van der Waals surface area contributed by atoms with Crippen LogP contribution < -0.4 is 10.6 Å². The smallest absolute Gasteiger partial charge is 0.410 e. The van der Waals surface area contributed by atoms with Crippen LogP contribution in [-0.2, 0) is 9.47 Å². The van der Waals surface area contributed by atoms with Crippen LogP contribution in [0.2, 0.25) is 0 Å². The van der Waals surface area contributed by atoms with Crippen molar-refractivity contribution in [3.05, 3.63) is 24.3 Å². The lowest BCUT2D eigenvalue weighted by Gasteiger charge is -2.33. The topological polar surface area (TPSA) is 125 Å². The molecule has 0 bridgehead atoms. The molecule has 2 aromatic heterocycles. The highest BCUT2D eigenvalue weighted by molar-refractivity contribution is 5.85. The van der Waals surface area contributed by atoms with E-state index in [1.54, 1.807) is 4.90 Å². The molecule has 3 aromatic rings. The van der Waals surface area contributed by atoms with Crippen LogP contribution in [0, 0.1) is 0 Å². The van der Waals surface area contributed by atoms with E-state index in [1.807, 2.05) is 49.7 Å². The molecule has 2 saturated heterocycles. The predicted molar refractivity (Wildman–Crippen MR) is 132 cm³/mol. The van der Waals surface area contributed by atoms with Gasteiger partial charge < -0.3 is 25.0 Å². The van der Waals surface area contributed by atoms with Crippen LogP contribution in [0.25, 0.3) is 22.6 Å². The van der Waals surface area contributed by atoms with Gasteiger partial charge in [-0.05, 0) is 57.9 Å². The molecule has 0 radical (unpaired) electrons. The Balaban J connectivity index is 1.46. The number of nitrogens with two attached hydrogens (primary N) is 1. The van der Waals surface area contributed by atoms with Crippen LogP contribution in [0.1, 0.15) is 39.7 Å². The molecule has 1 aromatic carbocycles. The van der Waals surface area contributed by atoms with Crippen LogP contribution in [0.4, 0.5) is 16.3 Å². The maximum Gasteiger partial charge on any atom is 0.410 e. The molecule has 2 fully saturated rings. The van der Waals surface area contributed by atoms with E-state index in [2.05, 4.69) is 15.2 Å². The number of benzene rings is 1. The fourth-order valence-electron chi connectivity index (χ4n) is 4.44. The van der Waals surface area contributed by atoms with E-state index in [4.69, 9.17) is 25.2 Å². The van der Waals surface area contributed by atoms with Crippen molar-refractivity contribution in [1.29, 1.82) is 0 Å². The quantitative estimate of drug-likeness (QED) is 0.563. The molecular formula is C24H32N8O3. The van der Waals surface area contributed by atoms with Gasteiger partial charge in [0.1, 0.15) is 5.60 Å². The first-order chi connectivity index (χ1) is 16.8. The summed E-state index contributed by atoms with van der Waals surface area (Å²) < 4.78 is 13.0. The van der Waals surface area contributed by atoms with Crippen LogP contribution in [0.3, 0.4) is 0 Å². The second kappa shape index (κ2) is 9.29. The number of hydrogen-bond acceptors (Lipinski definition) is 9. The molecule has 2 aliphatic heterocycles. The van der Waals surface area contributed by atoms with Gasteiger partial charge in [0.2, 0.25) is 0 Å². The molecule has 0 spiro atoms. The Bertz CT molecular complexity index is 1190. The SMILES string of the molecule is CC(C)(C)OC(=O)N1CCC(n2nnc3c(N4CCOCC4)nc(-c4ccc(N)cc4)nc32)CC1. The lowest BCUT2D eigenvalue weighted by atomic mass is 10.1. The number of fused-ring (bicyclic) bond motifs is 1. The average molecular weight is 481 g/mol. The number of anilines is 2. The Morgan fingerprint density at radius 1 is 1.06 bits per heavy atom. The van der Waals surface area contributed by atoms with Crippen molar-refractivity contribution in [2.45, 2.75) is 45.3 Å². The molecule has 0 aliphatic carbocycles. The van der Waals surface area contributed by atoms with Crippen molar-refractivity contribution < 1.29 is 14.3 Å². The second-order valence-corrected chi connectivity index (χ2v) is 10.00. The van der Waals surface area contributed by atoms with E-state index in [-0.39, 0.29) is 12.1 Å². The summed E-state index contributed by atoms with van der Waals surface area (Å²) in [6, 6.07) is 7.61. The number of ether oxygens (including phenoxy) is 2. The highest BCUT2D eigenvalue weighted by atomic mass is 16.6. The average Bonchev–Trinajstić information content (AvgIpc) is 3.27. The van der Waals surface area contributed by atoms with Gasteiger partial charge in [0, 0.05) is 37.4 Å². The first-order valence-electron chi connectivity index (χ1n) is 12.1. The first kappa shape index (κ1) is 23.3. The van der Waals surface area contributed by atoms with Gasteiger partial charge in [-0.25, -0.2) is 19.4 Å². The molecule has 11 heteroatoms. The third-order valence-corrected chi connectivity index (χ3v) is 6.25. The molecule has 35 heavy (non-hydrogen) atoms. The Labute approximate surface area is 204 Å². The molecule has 2 N–H and O–H groups in total. The van der Waals surface area contributed by atoms with Gasteiger partial charge in [-0.1, -0.05) is 5.21 Å². The number of likely N-dealkylation sites (tertiary alicyclic amines) is 1. The zero-order valence-electron chi connectivity index (χ0n) is 20.5. The largest absolute Gasteiger partial charge is 0.444 e. The Hall–Kier alpha value is -3.47. The molecule has 5 rings (SSSR count). The van der Waals surface area contributed by atoms with E-state index in [0.717, 1.165) is 37.3 Å². The monoisotopic (exact) mass is 480 g/mol. The minimum absolute atomic E-state index is 0.0744. The van der Waals surface area contributed by atoms with Crippen LogP contribution in [-0.4, -0.2) is 80.9 Å². The van der Waals surface area contributed by atoms with Gasteiger partial charge >= 0.3 is 6.09 Å². The molecule has 0 atom stereocenters. The normalized spacial score (nSPS) is 17.7. The summed E-state index contributed by atoms with van der Waals surface area (Å²) in [5.74, 6) is 1.37. The fraction of sp³-hybridized carbons (Fsp3) is 0.542. The van der Waals surface area contributed by atoms with Gasteiger partial charge in [0.15, 0.2) is 22.8 Å². The number of amides is 1. The van der Waals surface area contributed by atoms with Gasteiger partial charge in [0.25, 0.3) is 0 Å². The summed E-state index contributed by atoms with van der Waals surface area (Å²) in [6.45, 7) is 9.56. The summed E-state index contributed by atoms with van der Waals surface area (Å²) in [5.41, 5.74) is 8.32. The number of rotatable bonds is 3. The van der Waals surface area contributed by atoms with Crippen molar-refractivity contribution >= 4 is 28.8 Å². The number of carbonyl (C=O) groups is 1. The van der Waals surface area contributed by atoms with E-state index in [1.165, 1.54) is 0 Å². The number of carbonyl (C=O) groups excluding carboxylic acids is 1. The maximum atomic E-state index is 12.5. The Kier molecular flexibility index (Phi) is 6.18. The van der Waals surface area contributed by atoms with Crippen molar-refractivity contribution in [2.24, 2.45) is 0 Å². The van der Waals surface area contributed by atoms with Gasteiger partial charge in [0.05, 0.1) is 19.3 Å². The van der Waals surface area contributed by atoms with Crippen LogP contribution >= 0.6 is 0 Å². The second-order valence-electron chi connectivity index (χ2n) is 10.00. The lowest BCUT2D eigenvalue weighted by Crippen LogP contribution is -2.42. The number of nitrogens with zero attached hydrogens (tertiary/aromatic N) is 7. The third-order valence-electron chi connectivity index (χ3n) is 6.25. The Morgan fingerprint density at radius 3 is 2.40 bits per heavy atom. The van der Waals surface area contributed by atoms with Crippen molar-refractivity contribution in [1.82, 2.24) is 29.9 Å². The molecule has 4 heterocycles. The summed E-state index contributed by atoms with van der Waals surface area (Å²) in [4.78, 5) is 26.2. The Morgan fingerprint density at radius 2 is 1.74 bits per heavy atom. The number of morpholine rings is 1. The number of piperidine rings is 1. The summed E-state index contributed by atoms with van der Waals surface area (Å²) in [5, 5.41) is 9.00.